The lowest BCUT2D eigenvalue weighted by molar-refractivity contribution is -0.384. The first-order valence-corrected chi connectivity index (χ1v) is 5.91. The summed E-state index contributed by atoms with van der Waals surface area (Å²) in [5, 5.41) is 11.1. The maximum absolute atomic E-state index is 11.9. The highest BCUT2D eigenvalue weighted by Gasteiger charge is 2.27. The second-order valence-corrected chi connectivity index (χ2v) is 5.31. The number of hydrogen-bond donors (Lipinski definition) is 0. The summed E-state index contributed by atoms with van der Waals surface area (Å²) in [6.07, 6.45) is -0.705. The van der Waals surface area contributed by atoms with Crippen LogP contribution in [0.1, 0.15) is 20.8 Å². The summed E-state index contributed by atoms with van der Waals surface area (Å²) in [5.74, 6) is 0. The van der Waals surface area contributed by atoms with E-state index in [1.807, 2.05) is 0 Å². The second-order valence-electron chi connectivity index (χ2n) is 4.90. The van der Waals surface area contributed by atoms with E-state index in [9.17, 15) is 14.9 Å². The van der Waals surface area contributed by atoms with Crippen LogP contribution in [-0.4, -0.2) is 23.7 Å². The third kappa shape index (κ3) is 3.82. The quantitative estimate of drug-likeness (QED) is 0.615. The summed E-state index contributed by atoms with van der Waals surface area (Å²) in [6, 6.07) is 4.21. The van der Waals surface area contributed by atoms with Gasteiger partial charge in [0.15, 0.2) is 0 Å². The molecule has 0 unspecified atom stereocenters. The molecule has 6 nitrogen and oxygen atoms in total. The molecule has 1 aromatic carbocycles. The normalized spacial score (nSPS) is 11.0. The Labute approximate surface area is 116 Å². The number of carbonyl (C=O) groups excluding carboxylic acids is 1. The van der Waals surface area contributed by atoms with Gasteiger partial charge in [0.1, 0.15) is 11.3 Å². The van der Waals surface area contributed by atoms with Crippen molar-refractivity contribution < 1.29 is 14.5 Å². The van der Waals surface area contributed by atoms with E-state index in [1.54, 1.807) is 20.8 Å². The van der Waals surface area contributed by atoms with Crippen LogP contribution >= 0.6 is 11.6 Å². The first-order chi connectivity index (χ1) is 8.63. The molecule has 0 saturated heterocycles. The van der Waals surface area contributed by atoms with Crippen LogP contribution in [0.2, 0.25) is 5.02 Å². The number of rotatable bonds is 2. The Bertz CT molecular complexity index is 511. The highest BCUT2D eigenvalue weighted by molar-refractivity contribution is 6.34. The van der Waals surface area contributed by atoms with E-state index in [-0.39, 0.29) is 16.4 Å². The summed E-state index contributed by atoms with van der Waals surface area (Å²) in [4.78, 5) is 23.3. The van der Waals surface area contributed by atoms with E-state index in [0.29, 0.717) is 0 Å². The Morgan fingerprint density at radius 1 is 1.42 bits per heavy atom. The van der Waals surface area contributed by atoms with Gasteiger partial charge in [0.25, 0.3) is 5.69 Å². The number of halogens is 1. The number of para-hydroxylation sites is 1. The van der Waals surface area contributed by atoms with Crippen molar-refractivity contribution in [1.82, 2.24) is 0 Å². The van der Waals surface area contributed by atoms with Gasteiger partial charge in [-0.25, -0.2) is 4.79 Å². The molecule has 1 rings (SSSR count). The first kappa shape index (κ1) is 15.2. The Morgan fingerprint density at radius 2 is 2.00 bits per heavy atom. The molecule has 0 N–H and O–H groups in total. The summed E-state index contributed by atoms with van der Waals surface area (Å²) < 4.78 is 5.15. The summed E-state index contributed by atoms with van der Waals surface area (Å²) >= 11 is 5.93. The lowest BCUT2D eigenvalue weighted by Gasteiger charge is -2.24. The van der Waals surface area contributed by atoms with Crippen molar-refractivity contribution in [2.24, 2.45) is 0 Å². The average Bonchev–Trinajstić information content (AvgIpc) is 2.25. The zero-order valence-corrected chi connectivity index (χ0v) is 11.9. The minimum Gasteiger partial charge on any atom is -0.443 e. The van der Waals surface area contributed by atoms with Crippen LogP contribution in [0.3, 0.4) is 0 Å². The Kier molecular flexibility index (Phi) is 4.36. The average molecular weight is 287 g/mol. The first-order valence-electron chi connectivity index (χ1n) is 5.53. The molecule has 0 aliphatic carbocycles. The van der Waals surface area contributed by atoms with Gasteiger partial charge in [-0.1, -0.05) is 17.7 Å². The van der Waals surface area contributed by atoms with E-state index >= 15 is 0 Å². The van der Waals surface area contributed by atoms with Gasteiger partial charge in [-0.3, -0.25) is 15.0 Å². The van der Waals surface area contributed by atoms with Gasteiger partial charge < -0.3 is 4.74 Å². The molecule has 0 fully saturated rings. The minimum atomic E-state index is -0.705. The van der Waals surface area contributed by atoms with Gasteiger partial charge in [-0.05, 0) is 26.8 Å². The molecule has 1 aromatic rings. The number of amides is 1. The van der Waals surface area contributed by atoms with Crippen molar-refractivity contribution in [1.29, 1.82) is 0 Å². The fraction of sp³-hybridized carbons (Fsp3) is 0.417. The molecule has 0 atom stereocenters. The highest BCUT2D eigenvalue weighted by Crippen LogP contribution is 2.35. The van der Waals surface area contributed by atoms with Crippen molar-refractivity contribution in [3.05, 3.63) is 33.3 Å². The predicted molar refractivity (Wildman–Crippen MR) is 72.7 cm³/mol. The highest BCUT2D eigenvalue weighted by atomic mass is 35.5. The van der Waals surface area contributed by atoms with Crippen molar-refractivity contribution >= 4 is 29.1 Å². The fourth-order valence-corrected chi connectivity index (χ4v) is 1.70. The molecule has 0 heterocycles. The topological polar surface area (TPSA) is 72.7 Å². The van der Waals surface area contributed by atoms with Crippen LogP contribution in [0.25, 0.3) is 0 Å². The number of nitrogens with zero attached hydrogens (tertiary/aromatic N) is 2. The Hall–Kier alpha value is -1.82. The molecule has 0 aliphatic rings. The van der Waals surface area contributed by atoms with E-state index in [2.05, 4.69) is 0 Å². The lowest BCUT2D eigenvalue weighted by Crippen LogP contribution is -2.34. The smallest absolute Gasteiger partial charge is 0.414 e. The van der Waals surface area contributed by atoms with Gasteiger partial charge in [0, 0.05) is 13.1 Å². The van der Waals surface area contributed by atoms with E-state index < -0.39 is 16.6 Å². The Balaban J connectivity index is 3.16. The van der Waals surface area contributed by atoms with Crippen LogP contribution in [0.15, 0.2) is 18.2 Å². The third-order valence-corrected chi connectivity index (χ3v) is 2.47. The fourth-order valence-electron chi connectivity index (χ4n) is 1.41. The molecule has 7 heteroatoms. The van der Waals surface area contributed by atoms with Crippen LogP contribution in [0.5, 0.6) is 0 Å². The van der Waals surface area contributed by atoms with E-state index in [1.165, 1.54) is 25.2 Å². The maximum atomic E-state index is 11.9. The number of ether oxygens (including phenoxy) is 1. The molecule has 104 valence electrons. The summed E-state index contributed by atoms with van der Waals surface area (Å²) in [7, 11) is 1.38. The minimum absolute atomic E-state index is 0.0171. The monoisotopic (exact) mass is 286 g/mol. The number of anilines is 1. The maximum Gasteiger partial charge on any atom is 0.414 e. The van der Waals surface area contributed by atoms with Crippen LogP contribution in [0.4, 0.5) is 16.2 Å². The number of hydrogen-bond acceptors (Lipinski definition) is 4. The van der Waals surface area contributed by atoms with E-state index in [4.69, 9.17) is 16.3 Å². The van der Waals surface area contributed by atoms with Crippen molar-refractivity contribution in [2.75, 3.05) is 11.9 Å². The molecule has 0 aromatic heterocycles. The number of carbonyl (C=O) groups is 1. The van der Waals surface area contributed by atoms with Crippen molar-refractivity contribution in [3.8, 4) is 0 Å². The predicted octanol–water partition coefficient (Wildman–Crippen LogP) is 3.62. The summed E-state index contributed by atoms with van der Waals surface area (Å²) in [5.41, 5.74) is -0.925. The largest absolute Gasteiger partial charge is 0.443 e. The van der Waals surface area contributed by atoms with Crippen molar-refractivity contribution in [2.45, 2.75) is 26.4 Å². The molecular weight excluding hydrogens is 272 g/mol. The van der Waals surface area contributed by atoms with Gasteiger partial charge in [-0.2, -0.15) is 0 Å². The van der Waals surface area contributed by atoms with E-state index in [0.717, 1.165) is 4.90 Å². The number of nitro benzene ring substituents is 1. The third-order valence-electron chi connectivity index (χ3n) is 2.16. The van der Waals surface area contributed by atoms with Crippen LogP contribution in [0, 0.1) is 10.1 Å². The SMILES string of the molecule is CN(C(=O)OC(C)(C)C)c1c(Cl)cccc1[N+](=O)[O-]. The molecular formula is C12H15ClN2O4. The van der Waals surface area contributed by atoms with Crippen LogP contribution in [-0.2, 0) is 4.74 Å². The number of benzene rings is 1. The molecule has 0 aliphatic heterocycles. The zero-order chi connectivity index (χ0) is 14.8. The van der Waals surface area contributed by atoms with Crippen molar-refractivity contribution in [3.63, 3.8) is 0 Å². The molecule has 0 radical (unpaired) electrons. The second kappa shape index (κ2) is 5.44. The standard InChI is InChI=1S/C12H15ClN2O4/c1-12(2,3)19-11(16)14(4)10-8(13)6-5-7-9(10)15(17)18/h5-7H,1-4H3. The molecule has 19 heavy (non-hydrogen) atoms. The van der Waals surface area contributed by atoms with Gasteiger partial charge in [0.2, 0.25) is 0 Å². The molecule has 0 bridgehead atoms. The zero-order valence-electron chi connectivity index (χ0n) is 11.1. The van der Waals surface area contributed by atoms with Gasteiger partial charge in [0.05, 0.1) is 9.95 Å². The number of nitro groups is 1. The molecule has 1 amide bonds. The van der Waals surface area contributed by atoms with Gasteiger partial charge in [-0.15, -0.1) is 0 Å². The molecule has 0 saturated carbocycles. The molecule has 0 spiro atoms. The summed E-state index contributed by atoms with van der Waals surface area (Å²) in [6.45, 7) is 5.12. The van der Waals surface area contributed by atoms with Gasteiger partial charge >= 0.3 is 6.09 Å². The van der Waals surface area contributed by atoms with Crippen LogP contribution < -0.4 is 4.90 Å². The lowest BCUT2D eigenvalue weighted by atomic mass is 10.2. The Morgan fingerprint density at radius 3 is 2.47 bits per heavy atom.